The quantitative estimate of drug-likeness (QED) is 0.810. The molecule has 0 aromatic heterocycles. The highest BCUT2D eigenvalue weighted by Gasteiger charge is 2.32. The lowest BCUT2D eigenvalue weighted by atomic mass is 10.2. The minimum atomic E-state index is -4.33. The molecule has 0 amide bonds. The summed E-state index contributed by atoms with van der Waals surface area (Å²) in [7, 11) is 0. The van der Waals surface area contributed by atoms with Gasteiger partial charge in [0, 0.05) is 12.2 Å². The number of hydrogen-bond donors (Lipinski definition) is 1. The highest BCUT2D eigenvalue weighted by molar-refractivity contribution is 7.80. The Hall–Kier alpha value is -2.08. The minimum Gasteiger partial charge on any atom is -0.336 e. The van der Waals surface area contributed by atoms with E-state index in [4.69, 9.17) is 12.2 Å². The molecule has 2 aromatic rings. The number of thiocarbonyl (C=S) groups is 1. The average molecular weight is 338 g/mol. The van der Waals surface area contributed by atoms with Crippen LogP contribution in [0.1, 0.15) is 11.1 Å². The van der Waals surface area contributed by atoms with E-state index in [-0.39, 0.29) is 11.7 Å². The first-order chi connectivity index (χ1) is 10.8. The highest BCUT2D eigenvalue weighted by atomic mass is 32.1. The Morgan fingerprint density at radius 3 is 2.39 bits per heavy atom. The molecule has 6 heteroatoms. The van der Waals surface area contributed by atoms with Crippen LogP contribution in [0.15, 0.2) is 54.6 Å². The lowest BCUT2D eigenvalue weighted by Gasteiger charge is -2.27. The van der Waals surface area contributed by atoms with Crippen LogP contribution in [0.2, 0.25) is 0 Å². The molecule has 0 heterocycles. The van der Waals surface area contributed by atoms with Gasteiger partial charge in [-0.1, -0.05) is 42.5 Å². The Labute approximate surface area is 138 Å². The van der Waals surface area contributed by atoms with Gasteiger partial charge in [0.25, 0.3) is 0 Å². The lowest BCUT2D eigenvalue weighted by molar-refractivity contribution is -0.138. The Bertz CT molecular complexity index is 656. The molecule has 0 saturated carbocycles. The van der Waals surface area contributed by atoms with Gasteiger partial charge in [-0.15, -0.1) is 0 Å². The summed E-state index contributed by atoms with van der Waals surface area (Å²) >= 11 is 5.18. The van der Waals surface area contributed by atoms with E-state index in [0.717, 1.165) is 16.0 Å². The van der Waals surface area contributed by atoms with Crippen LogP contribution in [0.5, 0.6) is 0 Å². The number of nitrogens with zero attached hydrogens (tertiary/aromatic N) is 1. The third kappa shape index (κ3) is 5.90. The maximum Gasteiger partial charge on any atom is 0.406 e. The van der Waals surface area contributed by atoms with Gasteiger partial charge in [0.05, 0.1) is 0 Å². The van der Waals surface area contributed by atoms with Gasteiger partial charge in [-0.25, -0.2) is 0 Å². The first-order valence-corrected chi connectivity index (χ1v) is 7.47. The van der Waals surface area contributed by atoms with Crippen LogP contribution in [-0.2, 0) is 6.54 Å². The second kappa shape index (κ2) is 7.46. The second-order valence-electron chi connectivity index (χ2n) is 5.26. The maximum absolute atomic E-state index is 12.8. The molecule has 0 atom stereocenters. The summed E-state index contributed by atoms with van der Waals surface area (Å²) in [5, 5.41) is 2.94. The number of anilines is 1. The molecular formula is C17H17F3N2S. The van der Waals surface area contributed by atoms with Crippen molar-refractivity contribution in [2.75, 3.05) is 11.9 Å². The summed E-state index contributed by atoms with van der Waals surface area (Å²) in [6.45, 7) is 0.906. The molecule has 0 aliphatic carbocycles. The van der Waals surface area contributed by atoms with Crippen molar-refractivity contribution in [3.8, 4) is 0 Å². The third-order valence-corrected chi connectivity index (χ3v) is 3.50. The van der Waals surface area contributed by atoms with Crippen LogP contribution in [0.25, 0.3) is 0 Å². The molecule has 0 fully saturated rings. The van der Waals surface area contributed by atoms with Crippen LogP contribution < -0.4 is 5.32 Å². The molecule has 0 unspecified atom stereocenters. The molecule has 1 N–H and O–H groups in total. The molecule has 0 aliphatic rings. The Morgan fingerprint density at radius 1 is 1.09 bits per heavy atom. The van der Waals surface area contributed by atoms with Crippen molar-refractivity contribution in [3.63, 3.8) is 0 Å². The number of nitrogens with one attached hydrogen (secondary N) is 1. The summed E-state index contributed by atoms with van der Waals surface area (Å²) in [6.07, 6.45) is -4.33. The molecule has 2 aromatic carbocycles. The van der Waals surface area contributed by atoms with Crippen molar-refractivity contribution in [2.24, 2.45) is 0 Å². The van der Waals surface area contributed by atoms with Gasteiger partial charge >= 0.3 is 6.18 Å². The number of halogens is 3. The van der Waals surface area contributed by atoms with Crippen LogP contribution in [0, 0.1) is 6.92 Å². The van der Waals surface area contributed by atoms with E-state index < -0.39 is 12.7 Å². The summed E-state index contributed by atoms with van der Waals surface area (Å²) in [4.78, 5) is 1.12. The molecule has 0 spiro atoms. The molecule has 0 saturated heterocycles. The normalized spacial score (nSPS) is 11.1. The monoisotopic (exact) mass is 338 g/mol. The van der Waals surface area contributed by atoms with Gasteiger partial charge < -0.3 is 10.2 Å². The fourth-order valence-electron chi connectivity index (χ4n) is 2.15. The van der Waals surface area contributed by atoms with Crippen LogP contribution >= 0.6 is 12.2 Å². The molecule has 2 nitrogen and oxygen atoms in total. The average Bonchev–Trinajstić information content (AvgIpc) is 2.46. The van der Waals surface area contributed by atoms with Crippen molar-refractivity contribution in [1.82, 2.24) is 4.90 Å². The van der Waals surface area contributed by atoms with Crippen molar-refractivity contribution in [1.29, 1.82) is 0 Å². The Balaban J connectivity index is 2.13. The summed E-state index contributed by atoms with van der Waals surface area (Å²) in [5.74, 6) is 0. The van der Waals surface area contributed by atoms with Gasteiger partial charge in [-0.2, -0.15) is 13.2 Å². The predicted octanol–water partition coefficient (Wildman–Crippen LogP) is 4.76. The van der Waals surface area contributed by atoms with E-state index in [9.17, 15) is 13.2 Å². The molecule has 0 radical (unpaired) electrons. The van der Waals surface area contributed by atoms with E-state index in [0.29, 0.717) is 5.69 Å². The van der Waals surface area contributed by atoms with Gasteiger partial charge in [0.15, 0.2) is 5.11 Å². The largest absolute Gasteiger partial charge is 0.406 e. The summed E-state index contributed by atoms with van der Waals surface area (Å²) < 4.78 is 38.5. The van der Waals surface area contributed by atoms with E-state index in [1.54, 1.807) is 30.3 Å². The number of hydrogen-bond acceptors (Lipinski definition) is 1. The van der Waals surface area contributed by atoms with Crippen molar-refractivity contribution in [2.45, 2.75) is 19.6 Å². The standard InChI is InChI=1S/C17H17F3N2S/c1-13-6-5-9-15(10-13)21-16(23)22(12-17(18,19)20)11-14-7-3-2-4-8-14/h2-10H,11-12H2,1H3,(H,21,23). The summed E-state index contributed by atoms with van der Waals surface area (Å²) in [5.41, 5.74) is 2.45. The molecule has 0 aliphatic heterocycles. The summed E-state index contributed by atoms with van der Waals surface area (Å²) in [6, 6.07) is 16.3. The smallest absolute Gasteiger partial charge is 0.336 e. The fraction of sp³-hybridized carbons (Fsp3) is 0.235. The van der Waals surface area contributed by atoms with Gasteiger partial charge in [0.1, 0.15) is 6.54 Å². The van der Waals surface area contributed by atoms with Gasteiger partial charge in [-0.3, -0.25) is 0 Å². The maximum atomic E-state index is 12.8. The van der Waals surface area contributed by atoms with Crippen LogP contribution in [0.4, 0.5) is 18.9 Å². The third-order valence-electron chi connectivity index (χ3n) is 3.14. The SMILES string of the molecule is Cc1cccc(NC(=S)N(Cc2ccccc2)CC(F)(F)F)c1. The first kappa shape index (κ1) is 17.3. The lowest BCUT2D eigenvalue weighted by Crippen LogP contribution is -2.40. The number of rotatable bonds is 4. The second-order valence-corrected chi connectivity index (χ2v) is 5.64. The number of benzene rings is 2. The molecule has 2 rings (SSSR count). The van der Waals surface area contributed by atoms with Gasteiger partial charge in [-0.05, 0) is 42.4 Å². The topological polar surface area (TPSA) is 15.3 Å². The van der Waals surface area contributed by atoms with Crippen LogP contribution in [0.3, 0.4) is 0 Å². The van der Waals surface area contributed by atoms with E-state index in [1.807, 2.05) is 31.2 Å². The first-order valence-electron chi connectivity index (χ1n) is 7.07. The van der Waals surface area contributed by atoms with Gasteiger partial charge in [0.2, 0.25) is 0 Å². The van der Waals surface area contributed by atoms with E-state index in [1.165, 1.54) is 0 Å². The zero-order chi connectivity index (χ0) is 16.9. The zero-order valence-corrected chi connectivity index (χ0v) is 13.4. The minimum absolute atomic E-state index is 0.0526. The predicted molar refractivity (Wildman–Crippen MR) is 90.3 cm³/mol. The van der Waals surface area contributed by atoms with E-state index >= 15 is 0 Å². The Morgan fingerprint density at radius 2 is 1.78 bits per heavy atom. The number of alkyl halides is 3. The molecule has 122 valence electrons. The number of aryl methyl sites for hydroxylation is 1. The van der Waals surface area contributed by atoms with Crippen LogP contribution in [-0.4, -0.2) is 22.7 Å². The molecular weight excluding hydrogens is 321 g/mol. The Kier molecular flexibility index (Phi) is 5.60. The molecule has 23 heavy (non-hydrogen) atoms. The van der Waals surface area contributed by atoms with Crippen molar-refractivity contribution < 1.29 is 13.2 Å². The van der Waals surface area contributed by atoms with Crippen molar-refractivity contribution >= 4 is 23.0 Å². The zero-order valence-electron chi connectivity index (χ0n) is 12.6. The fourth-order valence-corrected chi connectivity index (χ4v) is 2.39. The highest BCUT2D eigenvalue weighted by Crippen LogP contribution is 2.20. The molecule has 0 bridgehead atoms. The van der Waals surface area contributed by atoms with Crippen molar-refractivity contribution in [3.05, 3.63) is 65.7 Å². The van der Waals surface area contributed by atoms with E-state index in [2.05, 4.69) is 5.32 Å².